The first kappa shape index (κ1) is 16.1. The summed E-state index contributed by atoms with van der Waals surface area (Å²) >= 11 is 0. The second kappa shape index (κ2) is 6.44. The molecule has 0 aromatic carbocycles. The topological polar surface area (TPSA) is 117 Å². The number of carboxylic acid groups (broad SMARTS) is 1. The number of pyridine rings is 1. The molecule has 0 saturated heterocycles. The summed E-state index contributed by atoms with van der Waals surface area (Å²) in [4.78, 5) is 25.8. The molecule has 0 radical (unpaired) electrons. The van der Waals surface area contributed by atoms with E-state index < -0.39 is 34.5 Å². The van der Waals surface area contributed by atoms with Crippen molar-refractivity contribution in [3.63, 3.8) is 0 Å². The third kappa shape index (κ3) is 4.00. The zero-order chi connectivity index (χ0) is 15.3. The fourth-order valence-electron chi connectivity index (χ4n) is 1.32. The number of carboxylic acids is 1. The number of hydrogen-bond donors (Lipinski definition) is 2. The van der Waals surface area contributed by atoms with Gasteiger partial charge in [0.25, 0.3) is 0 Å². The fourth-order valence-corrected chi connectivity index (χ4v) is 2.41. The molecule has 2 N–H and O–H groups in total. The third-order valence-electron chi connectivity index (χ3n) is 2.46. The van der Waals surface area contributed by atoms with E-state index in [2.05, 4.69) is 10.3 Å². The lowest BCUT2D eigenvalue weighted by molar-refractivity contribution is -0.141. The lowest BCUT2D eigenvalue weighted by Gasteiger charge is -2.17. The molecule has 1 rings (SSSR count). The minimum Gasteiger partial charge on any atom is -0.480 e. The van der Waals surface area contributed by atoms with Crippen LogP contribution in [-0.2, 0) is 19.6 Å². The molecule has 0 aliphatic carbocycles. The Morgan fingerprint density at radius 2 is 2.15 bits per heavy atom. The standard InChI is InChI=1S/C11H15N3O5S/c1-8(11(16)17)13-10(15)7-14(2)20(18,19)9-4-3-5-12-6-9/h3-6,8H,7H2,1-2H3,(H,13,15)(H,16,17). The molecule has 1 unspecified atom stereocenters. The molecule has 0 bridgehead atoms. The average molecular weight is 301 g/mol. The second-order valence-electron chi connectivity index (χ2n) is 4.08. The number of aromatic nitrogens is 1. The van der Waals surface area contributed by atoms with Gasteiger partial charge in [0, 0.05) is 19.4 Å². The zero-order valence-corrected chi connectivity index (χ0v) is 11.8. The molecule has 1 heterocycles. The maximum atomic E-state index is 12.1. The largest absolute Gasteiger partial charge is 0.480 e. The zero-order valence-electron chi connectivity index (χ0n) is 11.0. The molecular weight excluding hydrogens is 286 g/mol. The molecule has 8 nitrogen and oxygen atoms in total. The van der Waals surface area contributed by atoms with Crippen molar-refractivity contribution in [1.29, 1.82) is 0 Å². The van der Waals surface area contributed by atoms with Gasteiger partial charge in [-0.25, -0.2) is 8.42 Å². The van der Waals surface area contributed by atoms with Crippen LogP contribution in [0.25, 0.3) is 0 Å². The summed E-state index contributed by atoms with van der Waals surface area (Å²) in [5.74, 6) is -1.90. The summed E-state index contributed by atoms with van der Waals surface area (Å²) in [6.07, 6.45) is 2.60. The Hall–Kier alpha value is -2.00. The van der Waals surface area contributed by atoms with E-state index >= 15 is 0 Å². The Morgan fingerprint density at radius 3 is 2.65 bits per heavy atom. The summed E-state index contributed by atoms with van der Waals surface area (Å²) in [6.45, 7) is 0.810. The minimum atomic E-state index is -3.83. The van der Waals surface area contributed by atoms with Gasteiger partial charge >= 0.3 is 5.97 Å². The molecular formula is C11H15N3O5S. The smallest absolute Gasteiger partial charge is 0.325 e. The van der Waals surface area contributed by atoms with Crippen LogP contribution in [0.4, 0.5) is 0 Å². The lowest BCUT2D eigenvalue weighted by atomic mass is 10.3. The van der Waals surface area contributed by atoms with Crippen LogP contribution in [0.2, 0.25) is 0 Å². The van der Waals surface area contributed by atoms with Gasteiger partial charge in [-0.3, -0.25) is 14.6 Å². The number of nitrogens with one attached hydrogen (secondary N) is 1. The number of sulfonamides is 1. The van der Waals surface area contributed by atoms with Gasteiger partial charge in [-0.1, -0.05) is 0 Å². The van der Waals surface area contributed by atoms with Crippen LogP contribution in [0.5, 0.6) is 0 Å². The summed E-state index contributed by atoms with van der Waals surface area (Å²) in [5.41, 5.74) is 0. The van der Waals surface area contributed by atoms with E-state index in [1.807, 2.05) is 0 Å². The predicted octanol–water partition coefficient (Wildman–Crippen LogP) is -0.709. The van der Waals surface area contributed by atoms with E-state index in [0.717, 1.165) is 4.31 Å². The van der Waals surface area contributed by atoms with Gasteiger partial charge in [0.15, 0.2) is 0 Å². The number of likely N-dealkylation sites (N-methyl/N-ethyl adjacent to an activating group) is 1. The van der Waals surface area contributed by atoms with Gasteiger partial charge in [-0.15, -0.1) is 0 Å². The Kier molecular flexibility index (Phi) is 5.17. The SMILES string of the molecule is CC(NC(=O)CN(C)S(=O)(=O)c1cccnc1)C(=O)O. The summed E-state index contributed by atoms with van der Waals surface area (Å²) in [5, 5.41) is 10.8. The Bertz CT molecular complexity index is 587. The first-order valence-corrected chi connectivity index (χ1v) is 7.07. The van der Waals surface area contributed by atoms with Gasteiger partial charge in [-0.05, 0) is 19.1 Å². The summed E-state index contributed by atoms with van der Waals surface area (Å²) < 4.78 is 25.0. The monoisotopic (exact) mass is 301 g/mol. The highest BCUT2D eigenvalue weighted by Gasteiger charge is 2.24. The van der Waals surface area contributed by atoms with E-state index in [1.165, 1.54) is 38.5 Å². The number of carbonyl (C=O) groups excluding carboxylic acids is 1. The Morgan fingerprint density at radius 1 is 1.50 bits per heavy atom. The summed E-state index contributed by atoms with van der Waals surface area (Å²) in [7, 11) is -2.60. The highest BCUT2D eigenvalue weighted by atomic mass is 32.2. The highest BCUT2D eigenvalue weighted by molar-refractivity contribution is 7.89. The van der Waals surface area contributed by atoms with Gasteiger partial charge in [-0.2, -0.15) is 4.31 Å². The van der Waals surface area contributed by atoms with Crippen molar-refractivity contribution in [2.24, 2.45) is 0 Å². The van der Waals surface area contributed by atoms with Crippen molar-refractivity contribution >= 4 is 21.9 Å². The quantitative estimate of drug-likeness (QED) is 0.717. The van der Waals surface area contributed by atoms with Crippen LogP contribution in [0.1, 0.15) is 6.92 Å². The van der Waals surface area contributed by atoms with Crippen molar-refractivity contribution in [3.05, 3.63) is 24.5 Å². The van der Waals surface area contributed by atoms with Crippen molar-refractivity contribution in [1.82, 2.24) is 14.6 Å². The molecule has 9 heteroatoms. The van der Waals surface area contributed by atoms with Crippen LogP contribution < -0.4 is 5.32 Å². The number of amides is 1. The van der Waals surface area contributed by atoms with Crippen molar-refractivity contribution < 1.29 is 23.1 Å². The predicted molar refractivity (Wildman–Crippen MR) is 69.3 cm³/mol. The van der Waals surface area contributed by atoms with Crippen LogP contribution >= 0.6 is 0 Å². The van der Waals surface area contributed by atoms with Gasteiger partial charge in [0.1, 0.15) is 10.9 Å². The van der Waals surface area contributed by atoms with E-state index in [1.54, 1.807) is 0 Å². The minimum absolute atomic E-state index is 0.0402. The molecule has 0 saturated carbocycles. The van der Waals surface area contributed by atoms with Gasteiger partial charge in [0.05, 0.1) is 6.54 Å². The first-order chi connectivity index (χ1) is 9.25. The van der Waals surface area contributed by atoms with Gasteiger partial charge in [0.2, 0.25) is 15.9 Å². The number of aliphatic carboxylic acids is 1. The summed E-state index contributed by atoms with van der Waals surface area (Å²) in [6, 6.07) is 1.74. The first-order valence-electron chi connectivity index (χ1n) is 5.63. The molecule has 0 aliphatic rings. The van der Waals surface area contributed by atoms with E-state index in [-0.39, 0.29) is 4.90 Å². The molecule has 20 heavy (non-hydrogen) atoms. The van der Waals surface area contributed by atoms with Gasteiger partial charge < -0.3 is 10.4 Å². The van der Waals surface area contributed by atoms with Crippen molar-refractivity contribution in [2.45, 2.75) is 17.9 Å². The maximum Gasteiger partial charge on any atom is 0.325 e. The molecule has 1 aromatic heterocycles. The van der Waals surface area contributed by atoms with E-state index in [4.69, 9.17) is 5.11 Å². The number of rotatable bonds is 6. The molecule has 110 valence electrons. The van der Waals surface area contributed by atoms with E-state index in [0.29, 0.717) is 0 Å². The number of hydrogen-bond acceptors (Lipinski definition) is 5. The van der Waals surface area contributed by atoms with Crippen LogP contribution in [0.15, 0.2) is 29.4 Å². The average Bonchev–Trinajstić information content (AvgIpc) is 2.39. The van der Waals surface area contributed by atoms with Crippen molar-refractivity contribution in [2.75, 3.05) is 13.6 Å². The number of carbonyl (C=O) groups is 2. The fraction of sp³-hybridized carbons (Fsp3) is 0.364. The highest BCUT2D eigenvalue weighted by Crippen LogP contribution is 2.11. The lowest BCUT2D eigenvalue weighted by Crippen LogP contribution is -2.44. The molecule has 1 amide bonds. The van der Waals surface area contributed by atoms with E-state index in [9.17, 15) is 18.0 Å². The Balaban J connectivity index is 2.74. The molecule has 1 atom stereocenters. The molecule has 0 fully saturated rings. The molecule has 1 aromatic rings. The second-order valence-corrected chi connectivity index (χ2v) is 6.12. The molecule has 0 aliphatic heterocycles. The van der Waals surface area contributed by atoms with Crippen LogP contribution in [-0.4, -0.2) is 54.3 Å². The number of nitrogens with zero attached hydrogens (tertiary/aromatic N) is 2. The van der Waals surface area contributed by atoms with Crippen molar-refractivity contribution in [3.8, 4) is 0 Å². The third-order valence-corrected chi connectivity index (χ3v) is 4.24. The van der Waals surface area contributed by atoms with Crippen LogP contribution in [0, 0.1) is 0 Å². The normalized spacial score (nSPS) is 12.9. The Labute approximate surface area is 116 Å². The van der Waals surface area contributed by atoms with Crippen LogP contribution in [0.3, 0.4) is 0 Å². The molecule has 0 spiro atoms. The maximum absolute atomic E-state index is 12.1.